The summed E-state index contributed by atoms with van der Waals surface area (Å²) in [4.78, 5) is 10.8. The Morgan fingerprint density at radius 3 is 2.93 bits per heavy atom. The Kier molecular flexibility index (Phi) is 2.15. The number of hydrogen-bond donors (Lipinski definition) is 2. The number of aryl methyl sites for hydroxylation is 1. The van der Waals surface area contributed by atoms with Crippen LogP contribution in [0.2, 0.25) is 0 Å². The van der Waals surface area contributed by atoms with Crippen LogP contribution in [0.5, 0.6) is 0 Å². The first-order valence-corrected chi connectivity index (χ1v) is 4.77. The van der Waals surface area contributed by atoms with E-state index in [1.807, 2.05) is 18.2 Å². The van der Waals surface area contributed by atoms with Gasteiger partial charge >= 0.3 is 5.97 Å². The second kappa shape index (κ2) is 3.33. The Morgan fingerprint density at radius 2 is 2.21 bits per heavy atom. The maximum Gasteiger partial charge on any atom is 0.306 e. The number of carboxylic acid groups (broad SMARTS) is 1. The minimum Gasteiger partial charge on any atom is -0.481 e. The Hall–Kier alpha value is -1.51. The number of carbonyl (C=O) groups is 1. The summed E-state index contributed by atoms with van der Waals surface area (Å²) in [6, 6.07) is 5.77. The maximum absolute atomic E-state index is 10.8. The Morgan fingerprint density at radius 1 is 1.43 bits per heavy atom. The van der Waals surface area contributed by atoms with E-state index in [-0.39, 0.29) is 5.92 Å². The van der Waals surface area contributed by atoms with Crippen molar-refractivity contribution in [3.05, 3.63) is 29.3 Å². The number of hydrogen-bond acceptors (Lipinski definition) is 2. The molecule has 1 aliphatic rings. The zero-order valence-corrected chi connectivity index (χ0v) is 7.86. The number of nitrogen functional groups attached to an aromatic ring is 1. The summed E-state index contributed by atoms with van der Waals surface area (Å²) >= 11 is 0. The van der Waals surface area contributed by atoms with E-state index in [4.69, 9.17) is 10.8 Å². The molecule has 0 amide bonds. The molecule has 0 spiro atoms. The molecule has 0 saturated carbocycles. The molecule has 14 heavy (non-hydrogen) atoms. The SMILES string of the molecule is Nc1ccc2c(c1)CC(C(=O)O)CC2. The van der Waals surface area contributed by atoms with Crippen molar-refractivity contribution in [2.45, 2.75) is 19.3 Å². The standard InChI is InChI=1S/C11H13NO2/c12-10-4-3-7-1-2-8(11(13)14)5-9(7)6-10/h3-4,6,8H,1-2,5,12H2,(H,13,14). The molecule has 1 aromatic carbocycles. The van der Waals surface area contributed by atoms with Gasteiger partial charge in [-0.25, -0.2) is 0 Å². The fraction of sp³-hybridized carbons (Fsp3) is 0.364. The van der Waals surface area contributed by atoms with Crippen molar-refractivity contribution in [3.63, 3.8) is 0 Å². The van der Waals surface area contributed by atoms with Crippen molar-refractivity contribution in [2.75, 3.05) is 5.73 Å². The second-order valence-electron chi connectivity index (χ2n) is 3.81. The lowest BCUT2D eigenvalue weighted by molar-refractivity contribution is -0.142. The molecule has 1 aromatic rings. The van der Waals surface area contributed by atoms with Crippen molar-refractivity contribution in [3.8, 4) is 0 Å². The van der Waals surface area contributed by atoms with E-state index in [2.05, 4.69) is 0 Å². The van der Waals surface area contributed by atoms with Crippen LogP contribution >= 0.6 is 0 Å². The summed E-state index contributed by atoms with van der Waals surface area (Å²) in [6.45, 7) is 0. The molecule has 0 aromatic heterocycles. The lowest BCUT2D eigenvalue weighted by Crippen LogP contribution is -2.22. The normalized spacial score (nSPS) is 20.1. The van der Waals surface area contributed by atoms with E-state index in [9.17, 15) is 4.79 Å². The summed E-state index contributed by atoms with van der Waals surface area (Å²) in [5, 5.41) is 8.90. The van der Waals surface area contributed by atoms with E-state index in [1.54, 1.807) is 0 Å². The third-order valence-electron chi connectivity index (χ3n) is 2.81. The number of aliphatic carboxylic acids is 1. The molecule has 3 N–H and O–H groups in total. The maximum atomic E-state index is 10.8. The van der Waals surface area contributed by atoms with Crippen LogP contribution in [0.3, 0.4) is 0 Å². The minimum absolute atomic E-state index is 0.232. The number of fused-ring (bicyclic) bond motifs is 1. The first-order chi connectivity index (χ1) is 6.66. The number of carboxylic acids is 1. The highest BCUT2D eigenvalue weighted by molar-refractivity contribution is 5.71. The third kappa shape index (κ3) is 1.58. The van der Waals surface area contributed by atoms with Crippen molar-refractivity contribution in [1.82, 2.24) is 0 Å². The topological polar surface area (TPSA) is 63.3 Å². The highest BCUT2D eigenvalue weighted by Gasteiger charge is 2.23. The van der Waals surface area contributed by atoms with E-state index in [0.717, 1.165) is 24.1 Å². The van der Waals surface area contributed by atoms with Gasteiger partial charge in [0.2, 0.25) is 0 Å². The molecule has 2 rings (SSSR count). The quantitative estimate of drug-likeness (QED) is 0.660. The average Bonchev–Trinajstić information content (AvgIpc) is 2.16. The fourth-order valence-electron chi connectivity index (χ4n) is 1.99. The molecule has 0 fully saturated rings. The van der Waals surface area contributed by atoms with E-state index in [0.29, 0.717) is 6.42 Å². The summed E-state index contributed by atoms with van der Waals surface area (Å²) < 4.78 is 0. The van der Waals surface area contributed by atoms with Gasteiger partial charge in [0.05, 0.1) is 5.92 Å². The van der Waals surface area contributed by atoms with Gasteiger partial charge in [0, 0.05) is 5.69 Å². The van der Waals surface area contributed by atoms with Crippen LogP contribution in [0.25, 0.3) is 0 Å². The fourth-order valence-corrected chi connectivity index (χ4v) is 1.99. The van der Waals surface area contributed by atoms with Gasteiger partial charge in [0.15, 0.2) is 0 Å². The van der Waals surface area contributed by atoms with E-state index < -0.39 is 5.97 Å². The molecule has 1 atom stereocenters. The van der Waals surface area contributed by atoms with Crippen LogP contribution in [-0.4, -0.2) is 11.1 Å². The van der Waals surface area contributed by atoms with Gasteiger partial charge in [-0.2, -0.15) is 0 Å². The minimum atomic E-state index is -0.696. The van der Waals surface area contributed by atoms with Crippen LogP contribution in [0.4, 0.5) is 5.69 Å². The molecule has 0 bridgehead atoms. The Balaban J connectivity index is 2.29. The molecule has 0 saturated heterocycles. The monoisotopic (exact) mass is 191 g/mol. The molecule has 3 heteroatoms. The molecule has 0 radical (unpaired) electrons. The molecule has 0 aliphatic heterocycles. The molecule has 1 unspecified atom stereocenters. The van der Waals surface area contributed by atoms with Crippen LogP contribution in [-0.2, 0) is 17.6 Å². The summed E-state index contributed by atoms with van der Waals surface area (Å²) in [7, 11) is 0. The molecule has 74 valence electrons. The largest absolute Gasteiger partial charge is 0.481 e. The number of nitrogens with two attached hydrogens (primary N) is 1. The van der Waals surface area contributed by atoms with Gasteiger partial charge in [-0.05, 0) is 42.5 Å². The van der Waals surface area contributed by atoms with Gasteiger partial charge in [0.1, 0.15) is 0 Å². The first kappa shape index (κ1) is 9.06. The summed E-state index contributed by atoms with van der Waals surface area (Å²) in [6.07, 6.45) is 2.22. The predicted octanol–water partition coefficient (Wildman–Crippen LogP) is 1.46. The number of rotatable bonds is 1. The number of benzene rings is 1. The molecule has 1 aliphatic carbocycles. The van der Waals surface area contributed by atoms with E-state index in [1.165, 1.54) is 5.56 Å². The second-order valence-corrected chi connectivity index (χ2v) is 3.81. The van der Waals surface area contributed by atoms with Gasteiger partial charge in [-0.1, -0.05) is 6.07 Å². The van der Waals surface area contributed by atoms with Gasteiger partial charge in [-0.15, -0.1) is 0 Å². The highest BCUT2D eigenvalue weighted by Crippen LogP contribution is 2.27. The van der Waals surface area contributed by atoms with E-state index >= 15 is 0 Å². The van der Waals surface area contributed by atoms with Crippen LogP contribution < -0.4 is 5.73 Å². The predicted molar refractivity (Wildman–Crippen MR) is 54.0 cm³/mol. The first-order valence-electron chi connectivity index (χ1n) is 4.77. The van der Waals surface area contributed by atoms with Gasteiger partial charge < -0.3 is 10.8 Å². The Bertz CT molecular complexity index is 374. The van der Waals surface area contributed by atoms with Gasteiger partial charge in [-0.3, -0.25) is 4.79 Å². The van der Waals surface area contributed by atoms with Gasteiger partial charge in [0.25, 0.3) is 0 Å². The van der Waals surface area contributed by atoms with Crippen molar-refractivity contribution >= 4 is 11.7 Å². The number of anilines is 1. The lowest BCUT2D eigenvalue weighted by Gasteiger charge is -2.21. The molecule has 0 heterocycles. The zero-order valence-electron chi connectivity index (χ0n) is 7.86. The summed E-state index contributed by atoms with van der Waals surface area (Å²) in [5.74, 6) is -0.928. The van der Waals surface area contributed by atoms with Crippen molar-refractivity contribution < 1.29 is 9.90 Å². The van der Waals surface area contributed by atoms with Crippen LogP contribution in [0.15, 0.2) is 18.2 Å². The molecule has 3 nitrogen and oxygen atoms in total. The molecular weight excluding hydrogens is 178 g/mol. The summed E-state index contributed by atoms with van der Waals surface area (Å²) in [5.41, 5.74) is 8.72. The third-order valence-corrected chi connectivity index (χ3v) is 2.81. The van der Waals surface area contributed by atoms with Crippen LogP contribution in [0.1, 0.15) is 17.5 Å². The van der Waals surface area contributed by atoms with Crippen LogP contribution in [0, 0.1) is 5.92 Å². The molecular formula is C11H13NO2. The lowest BCUT2D eigenvalue weighted by atomic mass is 9.84. The zero-order chi connectivity index (χ0) is 10.1. The smallest absolute Gasteiger partial charge is 0.306 e. The van der Waals surface area contributed by atoms with Crippen molar-refractivity contribution in [2.24, 2.45) is 5.92 Å². The van der Waals surface area contributed by atoms with Crippen molar-refractivity contribution in [1.29, 1.82) is 0 Å². The highest BCUT2D eigenvalue weighted by atomic mass is 16.4. The Labute approximate surface area is 82.5 Å². The average molecular weight is 191 g/mol.